The lowest BCUT2D eigenvalue weighted by atomic mass is 10.1. The number of nitrogens with zero attached hydrogens (tertiary/aromatic N) is 5. The summed E-state index contributed by atoms with van der Waals surface area (Å²) in [4.78, 5) is 28.1. The molecule has 0 fully saturated rings. The molecule has 4 aromatic heterocycles. The minimum absolute atomic E-state index is 0.0307. The van der Waals surface area contributed by atoms with Crippen molar-refractivity contribution < 1.29 is 9.34 Å². The second-order valence-electron chi connectivity index (χ2n) is 6.03. The second kappa shape index (κ2) is 6.49. The van der Waals surface area contributed by atoms with Gasteiger partial charge in [-0.25, -0.2) is 0 Å². The van der Waals surface area contributed by atoms with Crippen molar-refractivity contribution in [2.45, 2.75) is 0 Å². The number of H-pyrrole nitrogens is 1. The maximum atomic E-state index is 12.7. The number of nitro groups is 1. The van der Waals surface area contributed by atoms with Gasteiger partial charge >= 0.3 is 0 Å². The van der Waals surface area contributed by atoms with Gasteiger partial charge in [0.1, 0.15) is 0 Å². The van der Waals surface area contributed by atoms with E-state index in [-0.39, 0.29) is 11.2 Å². The Kier molecular flexibility index (Phi) is 3.81. The van der Waals surface area contributed by atoms with Crippen LogP contribution in [0.2, 0.25) is 0 Å². The molecule has 0 aliphatic heterocycles. The molecule has 29 heavy (non-hydrogen) atoms. The first kappa shape index (κ1) is 17.0. The lowest BCUT2D eigenvalue weighted by molar-refractivity contribution is -0.384. The van der Waals surface area contributed by atoms with Gasteiger partial charge in [-0.15, -0.1) is 5.10 Å². The molecule has 10 nitrogen and oxygen atoms in total. The molecule has 0 saturated heterocycles. The Hall–Kier alpha value is -4.12. The van der Waals surface area contributed by atoms with Gasteiger partial charge < -0.3 is 4.42 Å². The highest BCUT2D eigenvalue weighted by Gasteiger charge is 2.15. The zero-order valence-corrected chi connectivity index (χ0v) is 15.3. The standard InChI is InChI=1S/C18H10N6O4S/c25-17-14(29-18-20-16(22-23(17)18)13-5-2-6-28-13)8-11-9-19-21-15(11)10-3-1-4-12(7-10)24(26)27/h1-9H,(H,19,21). The molecule has 0 aliphatic carbocycles. The maximum Gasteiger partial charge on any atom is 0.291 e. The van der Waals surface area contributed by atoms with E-state index in [4.69, 9.17) is 4.42 Å². The molecule has 0 radical (unpaired) electrons. The predicted molar refractivity (Wildman–Crippen MR) is 104 cm³/mol. The van der Waals surface area contributed by atoms with Gasteiger partial charge in [-0.2, -0.15) is 14.6 Å². The Labute approximate surface area is 164 Å². The summed E-state index contributed by atoms with van der Waals surface area (Å²) >= 11 is 1.18. The number of furan rings is 1. The van der Waals surface area contributed by atoms with Crippen molar-refractivity contribution in [3.05, 3.63) is 79.4 Å². The van der Waals surface area contributed by atoms with E-state index < -0.39 is 4.92 Å². The number of hydrogen-bond donors (Lipinski definition) is 1. The Morgan fingerprint density at radius 3 is 2.93 bits per heavy atom. The largest absolute Gasteiger partial charge is 0.461 e. The van der Waals surface area contributed by atoms with Crippen LogP contribution in [-0.2, 0) is 0 Å². The third-order valence-corrected chi connectivity index (χ3v) is 5.18. The fourth-order valence-corrected chi connectivity index (χ4v) is 3.79. The Balaban J connectivity index is 1.59. The van der Waals surface area contributed by atoms with Gasteiger partial charge in [-0.05, 0) is 18.2 Å². The minimum atomic E-state index is -0.463. The Bertz CT molecular complexity index is 1460. The van der Waals surface area contributed by atoms with Crippen LogP contribution in [0.1, 0.15) is 5.56 Å². The summed E-state index contributed by atoms with van der Waals surface area (Å²) in [6.07, 6.45) is 4.72. The van der Waals surface area contributed by atoms with Crippen molar-refractivity contribution in [3.63, 3.8) is 0 Å². The maximum absolute atomic E-state index is 12.7. The third kappa shape index (κ3) is 2.89. The van der Waals surface area contributed by atoms with Crippen molar-refractivity contribution in [3.8, 4) is 22.8 Å². The van der Waals surface area contributed by atoms with Crippen LogP contribution in [0.15, 0.2) is 58.1 Å². The SMILES string of the molecule is O=c1c(=Cc2cn[nH]c2-c2cccc([N+](=O)[O-])c2)sc2nc(-c3ccco3)nn12. The molecular weight excluding hydrogens is 396 g/mol. The average molecular weight is 406 g/mol. The van der Waals surface area contributed by atoms with E-state index in [0.717, 1.165) is 0 Å². The van der Waals surface area contributed by atoms with E-state index in [0.29, 0.717) is 37.9 Å². The molecule has 0 unspecified atom stereocenters. The monoisotopic (exact) mass is 406 g/mol. The fraction of sp³-hybridized carbons (Fsp3) is 0. The first-order chi connectivity index (χ1) is 14.1. The summed E-state index contributed by atoms with van der Waals surface area (Å²) < 4.78 is 6.90. The van der Waals surface area contributed by atoms with Crippen LogP contribution in [0.5, 0.6) is 0 Å². The second-order valence-corrected chi connectivity index (χ2v) is 7.04. The molecule has 0 spiro atoms. The van der Waals surface area contributed by atoms with Crippen LogP contribution >= 0.6 is 11.3 Å². The van der Waals surface area contributed by atoms with Crippen LogP contribution in [-0.4, -0.2) is 29.7 Å². The van der Waals surface area contributed by atoms with Crippen LogP contribution in [0.25, 0.3) is 33.9 Å². The summed E-state index contributed by atoms with van der Waals surface area (Å²) in [5, 5.41) is 22.1. The first-order valence-electron chi connectivity index (χ1n) is 8.33. The van der Waals surface area contributed by atoms with E-state index in [1.807, 2.05) is 0 Å². The average Bonchev–Trinajstić information content (AvgIpc) is 3.49. The van der Waals surface area contributed by atoms with Gasteiger partial charge in [0.15, 0.2) is 5.76 Å². The number of rotatable bonds is 4. The van der Waals surface area contributed by atoms with Crippen LogP contribution in [0.3, 0.4) is 0 Å². The molecule has 0 aliphatic rings. The Morgan fingerprint density at radius 2 is 2.17 bits per heavy atom. The Morgan fingerprint density at radius 1 is 1.28 bits per heavy atom. The lowest BCUT2D eigenvalue weighted by Crippen LogP contribution is -2.23. The zero-order chi connectivity index (χ0) is 20.0. The molecule has 0 saturated carbocycles. The van der Waals surface area contributed by atoms with Gasteiger partial charge in [0, 0.05) is 23.3 Å². The highest BCUT2D eigenvalue weighted by molar-refractivity contribution is 7.15. The summed E-state index contributed by atoms with van der Waals surface area (Å²) in [6.45, 7) is 0. The minimum Gasteiger partial charge on any atom is -0.461 e. The highest BCUT2D eigenvalue weighted by atomic mass is 32.1. The molecule has 0 bridgehead atoms. The summed E-state index contributed by atoms with van der Waals surface area (Å²) in [5.74, 6) is 0.819. The molecule has 4 heterocycles. The van der Waals surface area contributed by atoms with Gasteiger partial charge in [-0.3, -0.25) is 20.0 Å². The molecule has 5 aromatic rings. The predicted octanol–water partition coefficient (Wildman–Crippen LogP) is 2.26. The molecular formula is C18H10N6O4S. The fourth-order valence-electron chi connectivity index (χ4n) is 2.90. The quantitative estimate of drug-likeness (QED) is 0.357. The van der Waals surface area contributed by atoms with Crippen molar-refractivity contribution in [2.24, 2.45) is 0 Å². The van der Waals surface area contributed by atoms with Gasteiger partial charge in [0.25, 0.3) is 11.2 Å². The van der Waals surface area contributed by atoms with Gasteiger partial charge in [0.05, 0.1) is 27.6 Å². The van der Waals surface area contributed by atoms with Crippen LogP contribution in [0.4, 0.5) is 5.69 Å². The van der Waals surface area contributed by atoms with E-state index >= 15 is 0 Å². The topological polar surface area (TPSA) is 132 Å². The smallest absolute Gasteiger partial charge is 0.291 e. The molecule has 0 atom stereocenters. The lowest BCUT2D eigenvalue weighted by Gasteiger charge is -1.99. The molecule has 142 valence electrons. The van der Waals surface area contributed by atoms with E-state index in [9.17, 15) is 14.9 Å². The van der Waals surface area contributed by atoms with Crippen molar-refractivity contribution in [1.29, 1.82) is 0 Å². The zero-order valence-electron chi connectivity index (χ0n) is 14.5. The summed E-state index contributed by atoms with van der Waals surface area (Å²) in [5.41, 5.74) is 1.44. The van der Waals surface area contributed by atoms with Crippen LogP contribution < -0.4 is 10.1 Å². The summed E-state index contributed by atoms with van der Waals surface area (Å²) in [6, 6.07) is 9.62. The number of fused-ring (bicyclic) bond motifs is 1. The van der Waals surface area contributed by atoms with Crippen LogP contribution in [0, 0.1) is 10.1 Å². The van der Waals surface area contributed by atoms with Crippen molar-refractivity contribution >= 4 is 28.1 Å². The first-order valence-corrected chi connectivity index (χ1v) is 9.15. The number of nitro benzene ring substituents is 1. The molecule has 11 heteroatoms. The van der Waals surface area contributed by atoms with Crippen molar-refractivity contribution in [1.82, 2.24) is 24.8 Å². The number of aromatic amines is 1. The normalized spacial score (nSPS) is 12.1. The molecule has 5 rings (SSSR count). The molecule has 1 N–H and O–H groups in total. The molecule has 0 amide bonds. The number of non-ortho nitro benzene ring substituents is 1. The number of thiazole rings is 1. The molecule has 1 aromatic carbocycles. The van der Waals surface area contributed by atoms with Gasteiger partial charge in [0.2, 0.25) is 10.8 Å². The third-order valence-electron chi connectivity index (χ3n) is 4.22. The number of hydrogen-bond acceptors (Lipinski definition) is 8. The number of benzene rings is 1. The van der Waals surface area contributed by atoms with Gasteiger partial charge in [-0.1, -0.05) is 23.5 Å². The number of aromatic nitrogens is 5. The summed E-state index contributed by atoms with van der Waals surface area (Å²) in [7, 11) is 0. The number of nitrogens with one attached hydrogen (secondary N) is 1. The van der Waals surface area contributed by atoms with E-state index in [2.05, 4.69) is 20.3 Å². The van der Waals surface area contributed by atoms with Crippen molar-refractivity contribution in [2.75, 3.05) is 0 Å². The van der Waals surface area contributed by atoms with E-state index in [1.54, 1.807) is 36.5 Å². The van der Waals surface area contributed by atoms with E-state index in [1.165, 1.54) is 34.2 Å². The highest BCUT2D eigenvalue weighted by Crippen LogP contribution is 2.25.